The van der Waals surface area contributed by atoms with Crippen LogP contribution in [0.5, 0.6) is 11.5 Å². The molecular formula is C27H20Cl2N2O7. The third-order valence-electron chi connectivity index (χ3n) is 5.45. The van der Waals surface area contributed by atoms with Gasteiger partial charge in [0.1, 0.15) is 11.3 Å². The third-order valence-corrected chi connectivity index (χ3v) is 5.99. The van der Waals surface area contributed by atoms with E-state index < -0.39 is 17.9 Å². The molecule has 0 saturated carbocycles. The van der Waals surface area contributed by atoms with Gasteiger partial charge in [-0.15, -0.1) is 0 Å². The highest BCUT2D eigenvalue weighted by molar-refractivity contribution is 6.36. The van der Waals surface area contributed by atoms with Gasteiger partial charge in [-0.05, 0) is 48.5 Å². The highest BCUT2D eigenvalue weighted by Gasteiger charge is 2.31. The van der Waals surface area contributed by atoms with Gasteiger partial charge in [-0.1, -0.05) is 41.4 Å². The van der Waals surface area contributed by atoms with Gasteiger partial charge in [0.2, 0.25) is 0 Å². The van der Waals surface area contributed by atoms with Crippen molar-refractivity contribution >= 4 is 41.1 Å². The predicted molar refractivity (Wildman–Crippen MR) is 140 cm³/mol. The Morgan fingerprint density at radius 2 is 1.50 bits per heavy atom. The molecule has 9 nitrogen and oxygen atoms in total. The number of rotatable bonds is 7. The lowest BCUT2D eigenvalue weighted by molar-refractivity contribution is 0.0549. The SMILES string of the molecule is COC(=O)c1c(-c2ccc(OC(=O)c3ccc(Cl)cc3Cl)c(OC)c2)nn(-c2ccccc2)c1C(=O)OC. The molecule has 4 aromatic rings. The predicted octanol–water partition coefficient (Wildman–Crippen LogP) is 5.65. The van der Waals surface area contributed by atoms with Crippen molar-refractivity contribution < 1.29 is 33.3 Å². The number of halogens is 2. The molecule has 0 aliphatic heterocycles. The highest BCUT2D eigenvalue weighted by atomic mass is 35.5. The third kappa shape index (κ3) is 5.20. The fourth-order valence-corrected chi connectivity index (χ4v) is 4.15. The van der Waals surface area contributed by atoms with Crippen molar-refractivity contribution in [3.8, 4) is 28.4 Å². The first kappa shape index (κ1) is 26.7. The molecule has 0 aliphatic rings. The van der Waals surface area contributed by atoms with Crippen molar-refractivity contribution in [2.45, 2.75) is 0 Å². The van der Waals surface area contributed by atoms with Gasteiger partial charge in [-0.2, -0.15) is 5.10 Å². The Hall–Kier alpha value is -4.34. The summed E-state index contributed by atoms with van der Waals surface area (Å²) < 4.78 is 22.1. The highest BCUT2D eigenvalue weighted by Crippen LogP contribution is 2.36. The maximum absolute atomic E-state index is 12.9. The number of hydrogen-bond acceptors (Lipinski definition) is 8. The molecule has 3 aromatic carbocycles. The van der Waals surface area contributed by atoms with E-state index in [0.29, 0.717) is 16.3 Å². The zero-order valence-electron chi connectivity index (χ0n) is 20.4. The van der Waals surface area contributed by atoms with Crippen LogP contribution in [0.4, 0.5) is 0 Å². The van der Waals surface area contributed by atoms with Crippen LogP contribution in [0, 0.1) is 0 Å². The Morgan fingerprint density at radius 3 is 2.13 bits per heavy atom. The standard InChI is InChI=1S/C27H20Cl2N2O7/c1-35-21-13-15(9-12-20(21)38-25(32)18-11-10-16(28)14-19(18)29)23-22(26(33)36-2)24(27(34)37-3)31(30-23)17-7-5-4-6-8-17/h4-14H,1-3H3. The van der Waals surface area contributed by atoms with Crippen LogP contribution in [-0.4, -0.2) is 49.0 Å². The second kappa shape index (κ2) is 11.4. The molecule has 0 bridgehead atoms. The zero-order valence-corrected chi connectivity index (χ0v) is 21.9. The van der Waals surface area contributed by atoms with Crippen molar-refractivity contribution in [2.24, 2.45) is 0 Å². The van der Waals surface area contributed by atoms with Gasteiger partial charge in [0, 0.05) is 10.6 Å². The van der Waals surface area contributed by atoms with Gasteiger partial charge in [0.25, 0.3) is 0 Å². The topological polar surface area (TPSA) is 106 Å². The molecule has 0 atom stereocenters. The molecule has 0 spiro atoms. The number of esters is 3. The van der Waals surface area contributed by atoms with Gasteiger partial charge >= 0.3 is 17.9 Å². The smallest absolute Gasteiger partial charge is 0.357 e. The lowest BCUT2D eigenvalue weighted by Crippen LogP contribution is -2.15. The van der Waals surface area contributed by atoms with Crippen LogP contribution in [0.1, 0.15) is 31.2 Å². The molecule has 0 aliphatic carbocycles. The van der Waals surface area contributed by atoms with Gasteiger partial charge in [0.05, 0.1) is 37.6 Å². The Morgan fingerprint density at radius 1 is 0.789 bits per heavy atom. The zero-order chi connectivity index (χ0) is 27.4. The quantitative estimate of drug-likeness (QED) is 0.213. The van der Waals surface area contributed by atoms with Gasteiger partial charge in [-0.3, -0.25) is 0 Å². The maximum Gasteiger partial charge on any atom is 0.357 e. The summed E-state index contributed by atoms with van der Waals surface area (Å²) in [7, 11) is 3.78. The molecule has 0 radical (unpaired) electrons. The summed E-state index contributed by atoms with van der Waals surface area (Å²) in [6, 6.07) is 17.7. The fourth-order valence-electron chi connectivity index (χ4n) is 3.67. The average Bonchev–Trinajstić information content (AvgIpc) is 3.33. The van der Waals surface area contributed by atoms with E-state index in [4.69, 9.17) is 42.1 Å². The van der Waals surface area contributed by atoms with E-state index in [1.807, 2.05) is 0 Å². The molecular weight excluding hydrogens is 535 g/mol. The Labute approximate surface area is 227 Å². The van der Waals surface area contributed by atoms with Gasteiger partial charge in [-0.25, -0.2) is 19.1 Å². The van der Waals surface area contributed by atoms with Crippen molar-refractivity contribution in [3.63, 3.8) is 0 Å². The summed E-state index contributed by atoms with van der Waals surface area (Å²) in [4.78, 5) is 38.4. The van der Waals surface area contributed by atoms with Crippen molar-refractivity contribution in [1.29, 1.82) is 0 Å². The molecule has 0 saturated heterocycles. The molecule has 38 heavy (non-hydrogen) atoms. The maximum atomic E-state index is 12.9. The normalized spacial score (nSPS) is 10.6. The largest absolute Gasteiger partial charge is 0.493 e. The minimum atomic E-state index is -0.797. The molecule has 0 amide bonds. The molecule has 194 valence electrons. The van der Waals surface area contributed by atoms with Crippen molar-refractivity contribution in [3.05, 3.63) is 93.6 Å². The van der Waals surface area contributed by atoms with Crippen molar-refractivity contribution in [2.75, 3.05) is 21.3 Å². The van der Waals surface area contributed by atoms with E-state index in [1.165, 1.54) is 56.3 Å². The molecule has 0 N–H and O–H groups in total. The Kier molecular flexibility index (Phi) is 7.99. The van der Waals surface area contributed by atoms with Crippen LogP contribution in [0.2, 0.25) is 10.0 Å². The molecule has 11 heteroatoms. The summed E-state index contributed by atoms with van der Waals surface area (Å²) in [6.07, 6.45) is 0. The summed E-state index contributed by atoms with van der Waals surface area (Å²) >= 11 is 12.0. The van der Waals surface area contributed by atoms with Crippen LogP contribution in [0.15, 0.2) is 66.7 Å². The molecule has 0 unspecified atom stereocenters. The van der Waals surface area contributed by atoms with E-state index in [0.717, 1.165) is 0 Å². The molecule has 1 aromatic heterocycles. The van der Waals surface area contributed by atoms with E-state index in [-0.39, 0.29) is 39.0 Å². The van der Waals surface area contributed by atoms with Gasteiger partial charge in [0.15, 0.2) is 17.2 Å². The van der Waals surface area contributed by atoms with E-state index in [2.05, 4.69) is 5.10 Å². The summed E-state index contributed by atoms with van der Waals surface area (Å²) in [6.45, 7) is 0. The average molecular weight is 555 g/mol. The lowest BCUT2D eigenvalue weighted by atomic mass is 10.0. The molecule has 4 rings (SSSR count). The van der Waals surface area contributed by atoms with Crippen LogP contribution in [-0.2, 0) is 9.47 Å². The monoisotopic (exact) mass is 554 g/mol. The minimum Gasteiger partial charge on any atom is -0.493 e. The van der Waals surface area contributed by atoms with E-state index in [1.54, 1.807) is 36.4 Å². The number of nitrogens with zero attached hydrogens (tertiary/aromatic N) is 2. The summed E-state index contributed by atoms with van der Waals surface area (Å²) in [5, 5.41) is 5.04. The van der Waals surface area contributed by atoms with E-state index >= 15 is 0 Å². The number of ether oxygens (including phenoxy) is 4. The number of hydrogen-bond donors (Lipinski definition) is 0. The van der Waals surface area contributed by atoms with Crippen LogP contribution in [0.3, 0.4) is 0 Å². The number of aromatic nitrogens is 2. The second-order valence-electron chi connectivity index (χ2n) is 7.68. The number of benzene rings is 3. The van der Waals surface area contributed by atoms with E-state index in [9.17, 15) is 14.4 Å². The first-order valence-electron chi connectivity index (χ1n) is 11.0. The number of carbonyl (C=O) groups excluding carboxylic acids is 3. The number of para-hydroxylation sites is 1. The van der Waals surface area contributed by atoms with Crippen LogP contribution >= 0.6 is 23.2 Å². The first-order chi connectivity index (χ1) is 18.3. The minimum absolute atomic E-state index is 0.0857. The lowest BCUT2D eigenvalue weighted by Gasteiger charge is -2.11. The van der Waals surface area contributed by atoms with Crippen LogP contribution in [0.25, 0.3) is 16.9 Å². The first-order valence-corrected chi connectivity index (χ1v) is 11.7. The Bertz CT molecular complexity index is 1530. The van der Waals surface area contributed by atoms with Crippen molar-refractivity contribution in [1.82, 2.24) is 9.78 Å². The molecule has 1 heterocycles. The van der Waals surface area contributed by atoms with Gasteiger partial charge < -0.3 is 18.9 Å². The fraction of sp³-hybridized carbons (Fsp3) is 0.111. The summed E-state index contributed by atoms with van der Waals surface area (Å²) in [5.74, 6) is -2.07. The number of carbonyl (C=O) groups is 3. The number of methoxy groups -OCH3 is 3. The molecule has 0 fully saturated rings. The summed E-state index contributed by atoms with van der Waals surface area (Å²) in [5.41, 5.74) is 0.904. The Balaban J connectivity index is 1.82. The van der Waals surface area contributed by atoms with Crippen LogP contribution < -0.4 is 9.47 Å². The second-order valence-corrected chi connectivity index (χ2v) is 8.53.